The van der Waals surface area contributed by atoms with E-state index in [4.69, 9.17) is 16.3 Å². The Morgan fingerprint density at radius 2 is 2.11 bits per heavy atom. The van der Waals surface area contributed by atoms with Crippen LogP contribution in [0.3, 0.4) is 0 Å². The van der Waals surface area contributed by atoms with Crippen LogP contribution >= 0.6 is 11.6 Å². The van der Waals surface area contributed by atoms with Crippen LogP contribution in [-0.2, 0) is 4.79 Å². The Bertz CT molecular complexity index is 457. The van der Waals surface area contributed by atoms with Gasteiger partial charge in [0, 0.05) is 10.6 Å². The van der Waals surface area contributed by atoms with Crippen molar-refractivity contribution in [1.82, 2.24) is 5.32 Å². The number of carbonyl (C=O) groups is 1. The van der Waals surface area contributed by atoms with Crippen molar-refractivity contribution in [3.05, 3.63) is 28.8 Å². The highest BCUT2D eigenvalue weighted by Gasteiger charge is 2.23. The minimum atomic E-state index is -0.553. The van der Waals surface area contributed by atoms with Crippen LogP contribution in [0.2, 0.25) is 5.02 Å². The number of aryl methyl sites for hydroxylation is 1. The molecule has 1 aromatic rings. The molecule has 1 amide bonds. The van der Waals surface area contributed by atoms with Gasteiger partial charge < -0.3 is 10.1 Å². The number of ether oxygens (including phenoxy) is 1. The van der Waals surface area contributed by atoms with Gasteiger partial charge in [-0.15, -0.1) is 0 Å². The third-order valence-corrected chi connectivity index (χ3v) is 3.40. The van der Waals surface area contributed by atoms with Crippen LogP contribution in [0.5, 0.6) is 5.75 Å². The summed E-state index contributed by atoms with van der Waals surface area (Å²) < 4.78 is 5.68. The van der Waals surface area contributed by atoms with Crippen LogP contribution in [0.15, 0.2) is 18.2 Å². The second kappa shape index (κ2) is 6.29. The second-order valence-electron chi connectivity index (χ2n) is 5.40. The lowest BCUT2D eigenvalue weighted by Gasteiger charge is -2.26. The molecule has 4 heteroatoms. The van der Waals surface area contributed by atoms with Crippen molar-refractivity contribution in [1.29, 1.82) is 0 Å². The van der Waals surface area contributed by atoms with E-state index < -0.39 is 6.10 Å². The lowest BCUT2D eigenvalue weighted by molar-refractivity contribution is -0.129. The van der Waals surface area contributed by atoms with Gasteiger partial charge in [-0.3, -0.25) is 4.79 Å². The van der Waals surface area contributed by atoms with Crippen molar-refractivity contribution < 1.29 is 9.53 Å². The van der Waals surface area contributed by atoms with E-state index in [9.17, 15) is 4.79 Å². The van der Waals surface area contributed by atoms with Crippen LogP contribution in [0.25, 0.3) is 0 Å². The molecule has 0 radical (unpaired) electrons. The summed E-state index contributed by atoms with van der Waals surface area (Å²) in [5.74, 6) is 0.524. The summed E-state index contributed by atoms with van der Waals surface area (Å²) in [5.41, 5.74) is 0.733. The molecule has 1 aromatic carbocycles. The molecule has 0 aliphatic rings. The molecule has 1 unspecified atom stereocenters. The number of nitrogens with one attached hydrogen (secondary N) is 1. The molecule has 1 rings (SSSR count). The zero-order valence-electron chi connectivity index (χ0n) is 12.2. The van der Waals surface area contributed by atoms with Gasteiger partial charge in [0.25, 0.3) is 5.91 Å². The van der Waals surface area contributed by atoms with Crippen molar-refractivity contribution in [2.24, 2.45) is 0 Å². The van der Waals surface area contributed by atoms with Gasteiger partial charge in [-0.25, -0.2) is 0 Å². The highest BCUT2D eigenvalue weighted by atomic mass is 35.5. The van der Waals surface area contributed by atoms with E-state index >= 15 is 0 Å². The number of halogens is 1. The van der Waals surface area contributed by atoms with Gasteiger partial charge in [0.05, 0.1) is 0 Å². The third kappa shape index (κ3) is 4.75. The molecule has 0 bridgehead atoms. The predicted octanol–water partition coefficient (Wildman–Crippen LogP) is 3.72. The van der Waals surface area contributed by atoms with Crippen LogP contribution in [-0.4, -0.2) is 17.6 Å². The molecule has 0 aliphatic carbocycles. The van der Waals surface area contributed by atoms with Crippen LogP contribution in [0, 0.1) is 6.92 Å². The number of rotatable bonds is 5. The van der Waals surface area contributed by atoms with E-state index in [1.807, 2.05) is 33.8 Å². The van der Waals surface area contributed by atoms with Gasteiger partial charge in [0.15, 0.2) is 6.10 Å². The Balaban J connectivity index is 2.71. The molecular weight excluding hydrogens is 262 g/mol. The molecule has 1 atom stereocenters. The molecule has 0 saturated carbocycles. The summed E-state index contributed by atoms with van der Waals surface area (Å²) in [7, 11) is 0. The van der Waals surface area contributed by atoms with Crippen molar-refractivity contribution >= 4 is 17.5 Å². The Kier molecular flexibility index (Phi) is 5.24. The van der Waals surface area contributed by atoms with Gasteiger partial charge in [-0.2, -0.15) is 0 Å². The monoisotopic (exact) mass is 283 g/mol. The van der Waals surface area contributed by atoms with Crippen molar-refractivity contribution in [3.63, 3.8) is 0 Å². The van der Waals surface area contributed by atoms with Gasteiger partial charge in [-0.1, -0.05) is 24.6 Å². The van der Waals surface area contributed by atoms with E-state index in [0.717, 1.165) is 12.0 Å². The normalized spacial score (nSPS) is 12.9. The fraction of sp³-hybridized carbons (Fsp3) is 0.533. The average molecular weight is 284 g/mol. The number of amides is 1. The van der Waals surface area contributed by atoms with Gasteiger partial charge in [-0.05, 0) is 51.8 Å². The zero-order chi connectivity index (χ0) is 14.6. The molecule has 0 heterocycles. The van der Waals surface area contributed by atoms with Crippen LogP contribution in [0.4, 0.5) is 0 Å². The van der Waals surface area contributed by atoms with E-state index in [1.54, 1.807) is 19.1 Å². The Morgan fingerprint density at radius 1 is 1.47 bits per heavy atom. The summed E-state index contributed by atoms with van der Waals surface area (Å²) in [6, 6.07) is 5.40. The molecule has 19 heavy (non-hydrogen) atoms. The maximum Gasteiger partial charge on any atom is 0.261 e. The predicted molar refractivity (Wildman–Crippen MR) is 78.8 cm³/mol. The molecule has 106 valence electrons. The van der Waals surface area contributed by atoms with E-state index in [2.05, 4.69) is 5.32 Å². The Hall–Kier alpha value is -1.22. The van der Waals surface area contributed by atoms with E-state index in [-0.39, 0.29) is 11.4 Å². The van der Waals surface area contributed by atoms with E-state index in [1.165, 1.54) is 0 Å². The van der Waals surface area contributed by atoms with Crippen molar-refractivity contribution in [2.45, 2.75) is 52.7 Å². The summed E-state index contributed by atoms with van der Waals surface area (Å²) in [5, 5.41) is 3.56. The lowest BCUT2D eigenvalue weighted by Crippen LogP contribution is -2.48. The largest absolute Gasteiger partial charge is 0.481 e. The number of benzene rings is 1. The Labute approximate surface area is 120 Å². The quantitative estimate of drug-likeness (QED) is 0.894. The van der Waals surface area contributed by atoms with Crippen molar-refractivity contribution in [2.75, 3.05) is 0 Å². The molecule has 0 saturated heterocycles. The minimum Gasteiger partial charge on any atom is -0.481 e. The topological polar surface area (TPSA) is 38.3 Å². The van der Waals surface area contributed by atoms with E-state index in [0.29, 0.717) is 10.8 Å². The molecule has 3 nitrogen and oxygen atoms in total. The maximum atomic E-state index is 12.0. The highest BCUT2D eigenvalue weighted by molar-refractivity contribution is 6.30. The summed E-state index contributed by atoms with van der Waals surface area (Å²) >= 11 is 5.93. The Morgan fingerprint density at radius 3 is 2.68 bits per heavy atom. The molecule has 0 aliphatic heterocycles. The first-order valence-corrected chi connectivity index (χ1v) is 6.88. The first kappa shape index (κ1) is 15.8. The fourth-order valence-electron chi connectivity index (χ4n) is 1.47. The zero-order valence-corrected chi connectivity index (χ0v) is 13.0. The van der Waals surface area contributed by atoms with Crippen LogP contribution < -0.4 is 10.1 Å². The van der Waals surface area contributed by atoms with Gasteiger partial charge >= 0.3 is 0 Å². The summed E-state index contributed by atoms with van der Waals surface area (Å²) in [6.45, 7) is 9.67. The van der Waals surface area contributed by atoms with Crippen molar-refractivity contribution in [3.8, 4) is 5.75 Å². The standard InChI is InChI=1S/C15H22ClNO2/c1-6-15(4,5)17-14(18)11(3)19-13-9-12(16)8-7-10(13)2/h7-9,11H,6H2,1-5H3,(H,17,18). The molecule has 0 spiro atoms. The van der Waals surface area contributed by atoms with Gasteiger partial charge in [0.2, 0.25) is 0 Å². The first-order valence-electron chi connectivity index (χ1n) is 6.50. The SMILES string of the molecule is CCC(C)(C)NC(=O)C(C)Oc1cc(Cl)ccc1C. The number of hydrogen-bond donors (Lipinski definition) is 1. The fourth-order valence-corrected chi connectivity index (χ4v) is 1.63. The second-order valence-corrected chi connectivity index (χ2v) is 5.83. The van der Waals surface area contributed by atoms with Crippen LogP contribution in [0.1, 0.15) is 39.7 Å². The summed E-state index contributed by atoms with van der Waals surface area (Å²) in [4.78, 5) is 12.0. The minimum absolute atomic E-state index is 0.119. The first-order chi connectivity index (χ1) is 8.75. The number of carbonyl (C=O) groups excluding carboxylic acids is 1. The average Bonchev–Trinajstić information content (AvgIpc) is 2.33. The molecule has 0 fully saturated rings. The van der Waals surface area contributed by atoms with Gasteiger partial charge in [0.1, 0.15) is 5.75 Å². The lowest BCUT2D eigenvalue weighted by atomic mass is 10.0. The third-order valence-electron chi connectivity index (χ3n) is 3.17. The smallest absolute Gasteiger partial charge is 0.261 e. The number of hydrogen-bond acceptors (Lipinski definition) is 2. The highest BCUT2D eigenvalue weighted by Crippen LogP contribution is 2.23. The summed E-state index contributed by atoms with van der Waals surface area (Å²) in [6.07, 6.45) is 0.310. The molecule has 1 N–H and O–H groups in total. The molecular formula is C15H22ClNO2. The maximum absolute atomic E-state index is 12.0. The molecule has 0 aromatic heterocycles.